The number of thioether (sulfide) groups is 1. The van der Waals surface area contributed by atoms with Crippen molar-refractivity contribution in [1.29, 1.82) is 0 Å². The molecular formula is C21H28BrNO2S. The van der Waals surface area contributed by atoms with E-state index in [4.69, 9.17) is 0 Å². The van der Waals surface area contributed by atoms with Gasteiger partial charge in [-0.2, -0.15) is 0 Å². The van der Waals surface area contributed by atoms with Gasteiger partial charge in [-0.1, -0.05) is 73.0 Å². The summed E-state index contributed by atoms with van der Waals surface area (Å²) in [6.07, 6.45) is 11.1. The van der Waals surface area contributed by atoms with Crippen LogP contribution in [0.2, 0.25) is 0 Å². The van der Waals surface area contributed by atoms with Crippen molar-refractivity contribution in [3.8, 4) is 0 Å². The maximum Gasteiger partial charge on any atom is 0.243 e. The van der Waals surface area contributed by atoms with Crippen molar-refractivity contribution in [2.24, 2.45) is 5.92 Å². The summed E-state index contributed by atoms with van der Waals surface area (Å²) >= 11 is 5.14. The van der Waals surface area contributed by atoms with E-state index < -0.39 is 0 Å². The van der Waals surface area contributed by atoms with Crippen molar-refractivity contribution >= 4 is 39.5 Å². The molecule has 0 N–H and O–H groups in total. The summed E-state index contributed by atoms with van der Waals surface area (Å²) in [6.45, 7) is 0.386. The highest BCUT2D eigenvalue weighted by Crippen LogP contribution is 2.31. The van der Waals surface area contributed by atoms with E-state index in [9.17, 15) is 9.59 Å². The van der Waals surface area contributed by atoms with Gasteiger partial charge < -0.3 is 0 Å². The lowest BCUT2D eigenvalue weighted by Gasteiger charge is -2.20. The SMILES string of the molecule is O=C1CC(SCCC2CCCCCCC2)C(=O)N1Cc1cccc(Br)c1. The van der Waals surface area contributed by atoms with Crippen LogP contribution in [0.15, 0.2) is 28.7 Å². The van der Waals surface area contributed by atoms with Crippen molar-refractivity contribution in [2.75, 3.05) is 5.75 Å². The minimum atomic E-state index is -0.178. The second-order valence-corrected chi connectivity index (χ2v) is 9.74. The van der Waals surface area contributed by atoms with Crippen LogP contribution in [-0.4, -0.2) is 27.7 Å². The number of amides is 2. The molecule has 1 saturated heterocycles. The molecule has 3 rings (SSSR count). The topological polar surface area (TPSA) is 37.4 Å². The normalized spacial score (nSPS) is 22.5. The van der Waals surface area contributed by atoms with Gasteiger partial charge in [0.05, 0.1) is 11.8 Å². The number of carbonyl (C=O) groups is 2. The zero-order valence-corrected chi connectivity index (χ0v) is 17.7. The molecule has 1 aliphatic carbocycles. The summed E-state index contributed by atoms with van der Waals surface area (Å²) in [7, 11) is 0. The van der Waals surface area contributed by atoms with Crippen LogP contribution in [0.4, 0.5) is 0 Å². The molecule has 1 aliphatic heterocycles. The van der Waals surface area contributed by atoms with E-state index in [0.717, 1.165) is 21.7 Å². The van der Waals surface area contributed by atoms with Gasteiger partial charge in [0.1, 0.15) is 0 Å². The van der Waals surface area contributed by atoms with Gasteiger partial charge in [0.25, 0.3) is 0 Å². The Labute approximate surface area is 169 Å². The third kappa shape index (κ3) is 5.59. The van der Waals surface area contributed by atoms with Crippen LogP contribution in [0.3, 0.4) is 0 Å². The summed E-state index contributed by atoms with van der Waals surface area (Å²) in [5, 5.41) is -0.178. The van der Waals surface area contributed by atoms with Crippen LogP contribution >= 0.6 is 27.7 Å². The number of hydrogen-bond acceptors (Lipinski definition) is 3. The summed E-state index contributed by atoms with van der Waals surface area (Å²) < 4.78 is 0.972. The predicted octanol–water partition coefficient (Wildman–Crippen LogP) is 5.56. The molecular weight excluding hydrogens is 410 g/mol. The largest absolute Gasteiger partial charge is 0.277 e. The van der Waals surface area contributed by atoms with Gasteiger partial charge >= 0.3 is 0 Å². The molecule has 1 atom stereocenters. The van der Waals surface area contributed by atoms with Crippen LogP contribution in [0.5, 0.6) is 0 Å². The maximum absolute atomic E-state index is 12.7. The van der Waals surface area contributed by atoms with Gasteiger partial charge in [-0.05, 0) is 35.8 Å². The molecule has 5 heteroatoms. The lowest BCUT2D eigenvalue weighted by molar-refractivity contribution is -0.138. The van der Waals surface area contributed by atoms with Gasteiger partial charge in [-0.3, -0.25) is 14.5 Å². The van der Waals surface area contributed by atoms with Gasteiger partial charge in [0, 0.05) is 10.9 Å². The molecule has 1 aromatic carbocycles. The molecule has 0 aromatic heterocycles. The van der Waals surface area contributed by atoms with E-state index >= 15 is 0 Å². The Morgan fingerprint density at radius 3 is 2.54 bits per heavy atom. The van der Waals surface area contributed by atoms with Gasteiger partial charge in [-0.15, -0.1) is 11.8 Å². The van der Waals surface area contributed by atoms with Gasteiger partial charge in [-0.25, -0.2) is 0 Å². The number of imide groups is 1. The molecule has 2 amide bonds. The van der Waals surface area contributed by atoms with Crippen LogP contribution in [0.1, 0.15) is 63.4 Å². The highest BCUT2D eigenvalue weighted by Gasteiger charge is 2.38. The molecule has 0 radical (unpaired) electrons. The molecule has 1 saturated carbocycles. The summed E-state index contributed by atoms with van der Waals surface area (Å²) in [5.74, 6) is 1.78. The van der Waals surface area contributed by atoms with Crippen LogP contribution in [-0.2, 0) is 16.1 Å². The Kier molecular flexibility index (Phi) is 7.62. The fourth-order valence-electron chi connectivity index (χ4n) is 3.97. The van der Waals surface area contributed by atoms with Gasteiger partial charge in [0.15, 0.2) is 0 Å². The first kappa shape index (κ1) is 19.9. The molecule has 142 valence electrons. The first-order valence-electron chi connectivity index (χ1n) is 9.84. The Morgan fingerprint density at radius 1 is 1.08 bits per heavy atom. The average Bonchev–Trinajstić information content (AvgIpc) is 2.84. The minimum Gasteiger partial charge on any atom is -0.277 e. The maximum atomic E-state index is 12.7. The predicted molar refractivity (Wildman–Crippen MR) is 111 cm³/mol. The fourth-order valence-corrected chi connectivity index (χ4v) is 5.70. The zero-order valence-electron chi connectivity index (χ0n) is 15.3. The molecule has 2 fully saturated rings. The average molecular weight is 438 g/mol. The standard InChI is InChI=1S/C21H28BrNO2S/c22-18-10-6-9-17(13-18)15-23-20(24)14-19(21(23)25)26-12-11-16-7-4-2-1-3-5-8-16/h6,9-10,13,16,19H,1-5,7-8,11-12,14-15H2. The number of benzene rings is 1. The van der Waals surface area contributed by atoms with Crippen LogP contribution in [0.25, 0.3) is 0 Å². The molecule has 3 nitrogen and oxygen atoms in total. The smallest absolute Gasteiger partial charge is 0.243 e. The van der Waals surface area contributed by atoms with Crippen LogP contribution < -0.4 is 0 Å². The van der Waals surface area contributed by atoms with Crippen LogP contribution in [0, 0.1) is 5.92 Å². The van der Waals surface area contributed by atoms with Crippen molar-refractivity contribution in [3.05, 3.63) is 34.3 Å². The number of likely N-dealkylation sites (tertiary alicyclic amines) is 1. The molecule has 1 unspecified atom stereocenters. The first-order chi connectivity index (χ1) is 12.6. The summed E-state index contributed by atoms with van der Waals surface area (Å²) in [6, 6.07) is 7.81. The number of carbonyl (C=O) groups excluding carboxylic acids is 2. The molecule has 0 spiro atoms. The number of halogens is 1. The van der Waals surface area contributed by atoms with Crippen molar-refractivity contribution in [3.63, 3.8) is 0 Å². The highest BCUT2D eigenvalue weighted by molar-refractivity contribution is 9.10. The molecule has 0 bridgehead atoms. The summed E-state index contributed by atoms with van der Waals surface area (Å²) in [5.41, 5.74) is 0.987. The quantitative estimate of drug-likeness (QED) is 0.546. The molecule has 2 aliphatic rings. The Hall–Kier alpha value is -0.810. The summed E-state index contributed by atoms with van der Waals surface area (Å²) in [4.78, 5) is 26.4. The second kappa shape index (κ2) is 9.93. The third-order valence-electron chi connectivity index (χ3n) is 5.50. The molecule has 1 aromatic rings. The monoisotopic (exact) mass is 437 g/mol. The van der Waals surface area contributed by atoms with E-state index in [0.29, 0.717) is 13.0 Å². The first-order valence-corrected chi connectivity index (χ1v) is 11.7. The van der Waals surface area contributed by atoms with E-state index in [-0.39, 0.29) is 17.1 Å². The molecule has 26 heavy (non-hydrogen) atoms. The van der Waals surface area contributed by atoms with Crippen molar-refractivity contribution < 1.29 is 9.59 Å². The number of rotatable bonds is 6. The van der Waals surface area contributed by atoms with Gasteiger partial charge in [0.2, 0.25) is 11.8 Å². The fraction of sp³-hybridized carbons (Fsp3) is 0.619. The number of hydrogen-bond donors (Lipinski definition) is 0. The van der Waals surface area contributed by atoms with Crippen molar-refractivity contribution in [1.82, 2.24) is 4.90 Å². The van der Waals surface area contributed by atoms with E-state index in [2.05, 4.69) is 15.9 Å². The lowest BCUT2D eigenvalue weighted by Crippen LogP contribution is -2.30. The highest BCUT2D eigenvalue weighted by atomic mass is 79.9. The number of nitrogens with zero attached hydrogens (tertiary/aromatic N) is 1. The second-order valence-electron chi connectivity index (χ2n) is 7.51. The van der Waals surface area contributed by atoms with E-state index in [1.165, 1.54) is 56.3 Å². The Balaban J connectivity index is 1.47. The van der Waals surface area contributed by atoms with E-state index in [1.54, 1.807) is 11.8 Å². The minimum absolute atomic E-state index is 0.00218. The third-order valence-corrected chi connectivity index (χ3v) is 7.24. The molecule has 1 heterocycles. The van der Waals surface area contributed by atoms with Crippen molar-refractivity contribution in [2.45, 2.75) is 69.6 Å². The Bertz CT molecular complexity index is 628. The van der Waals surface area contributed by atoms with E-state index in [1.807, 2.05) is 24.3 Å². The lowest BCUT2D eigenvalue weighted by atomic mass is 9.89. The zero-order chi connectivity index (χ0) is 18.4. The Morgan fingerprint density at radius 2 is 1.81 bits per heavy atom.